The highest BCUT2D eigenvalue weighted by Crippen LogP contribution is 2.51. The molecule has 3 saturated carbocycles. The number of rotatable bonds is 16. The fourth-order valence-electron chi connectivity index (χ4n) is 8.74. The van der Waals surface area contributed by atoms with Gasteiger partial charge in [-0.2, -0.15) is 0 Å². The summed E-state index contributed by atoms with van der Waals surface area (Å²) in [6.07, 6.45) is 4.69. The van der Waals surface area contributed by atoms with Crippen LogP contribution >= 0.6 is 0 Å². The lowest BCUT2D eigenvalue weighted by molar-refractivity contribution is -0.153. The SMILES string of the molecule is COc1cc(-c2cn(C)c(=O)c(C)n2)cc(OC)c1CCCC(=O)NCCOCCC(=O)N1CCC(Nc2cccc3c2C(=O)N(C24CC(C2)C(=O)CC4=O)C3=O)CC1. The van der Waals surface area contributed by atoms with Gasteiger partial charge in [-0.15, -0.1) is 0 Å². The molecule has 2 bridgehead atoms. The second-order valence-electron chi connectivity index (χ2n) is 15.7. The molecular formula is C43H50N6O10. The topological polar surface area (TPSA) is 196 Å². The van der Waals surface area contributed by atoms with Gasteiger partial charge in [0, 0.05) is 68.1 Å². The van der Waals surface area contributed by atoms with Crippen LogP contribution in [0.3, 0.4) is 0 Å². The minimum Gasteiger partial charge on any atom is -0.496 e. The van der Waals surface area contributed by atoms with Crippen molar-refractivity contribution in [3.05, 3.63) is 69.3 Å². The van der Waals surface area contributed by atoms with Crippen LogP contribution in [-0.2, 0) is 37.4 Å². The normalized spacial score (nSPS) is 20.0. The number of methoxy groups -OCH3 is 2. The third-order valence-electron chi connectivity index (χ3n) is 12.0. The molecule has 3 aromatic rings. The van der Waals surface area contributed by atoms with Crippen molar-refractivity contribution in [1.82, 2.24) is 24.7 Å². The molecule has 1 saturated heterocycles. The van der Waals surface area contributed by atoms with Crippen LogP contribution in [0.4, 0.5) is 5.69 Å². The predicted molar refractivity (Wildman–Crippen MR) is 214 cm³/mol. The van der Waals surface area contributed by atoms with Crippen LogP contribution in [-0.4, -0.2) is 113 Å². The van der Waals surface area contributed by atoms with Crippen LogP contribution in [0.1, 0.15) is 83.3 Å². The first-order valence-electron chi connectivity index (χ1n) is 20.1. The molecule has 5 aliphatic rings. The van der Waals surface area contributed by atoms with E-state index in [-0.39, 0.29) is 97.3 Å². The van der Waals surface area contributed by atoms with Gasteiger partial charge in [0.2, 0.25) is 11.8 Å². The number of aromatic nitrogens is 2. The Hall–Kier alpha value is -5.90. The summed E-state index contributed by atoms with van der Waals surface area (Å²) >= 11 is 0. The Balaban J connectivity index is 0.799. The summed E-state index contributed by atoms with van der Waals surface area (Å²) in [5.41, 5.74) is 2.21. The molecule has 312 valence electrons. The quantitative estimate of drug-likeness (QED) is 0.122. The van der Waals surface area contributed by atoms with Crippen molar-refractivity contribution in [2.24, 2.45) is 13.0 Å². The number of ketones is 2. The van der Waals surface area contributed by atoms with Crippen LogP contribution in [0.5, 0.6) is 11.5 Å². The first kappa shape index (κ1) is 41.3. The Morgan fingerprint density at radius 3 is 2.32 bits per heavy atom. The number of amides is 4. The minimum atomic E-state index is -1.22. The molecule has 16 nitrogen and oxygen atoms in total. The van der Waals surface area contributed by atoms with Crippen LogP contribution in [0.2, 0.25) is 0 Å². The average Bonchev–Trinajstić information content (AvgIpc) is 3.47. The summed E-state index contributed by atoms with van der Waals surface area (Å²) in [6.45, 7) is 3.49. The zero-order valence-electron chi connectivity index (χ0n) is 33.9. The van der Waals surface area contributed by atoms with E-state index in [2.05, 4.69) is 15.6 Å². The number of piperidine rings is 1. The predicted octanol–water partition coefficient (Wildman–Crippen LogP) is 3.01. The van der Waals surface area contributed by atoms with Crippen LogP contribution in [0.25, 0.3) is 11.3 Å². The molecule has 2 aromatic carbocycles. The maximum absolute atomic E-state index is 13.7. The monoisotopic (exact) mass is 810 g/mol. The van der Waals surface area contributed by atoms with E-state index >= 15 is 0 Å². The van der Waals surface area contributed by atoms with Crippen LogP contribution < -0.4 is 25.7 Å². The molecular weight excluding hydrogens is 761 g/mol. The number of carbonyl (C=O) groups excluding carboxylic acids is 6. The lowest BCUT2D eigenvalue weighted by atomic mass is 9.57. The van der Waals surface area contributed by atoms with Crippen molar-refractivity contribution in [3.8, 4) is 22.8 Å². The molecule has 8 rings (SSSR count). The molecule has 0 spiro atoms. The van der Waals surface area contributed by atoms with Crippen LogP contribution in [0.15, 0.2) is 41.3 Å². The van der Waals surface area contributed by atoms with Crippen molar-refractivity contribution in [1.29, 1.82) is 0 Å². The summed E-state index contributed by atoms with van der Waals surface area (Å²) in [4.78, 5) is 97.1. The maximum atomic E-state index is 13.7. The average molecular weight is 811 g/mol. The molecule has 3 heterocycles. The molecule has 3 aliphatic carbocycles. The lowest BCUT2D eigenvalue weighted by Gasteiger charge is -2.53. The van der Waals surface area contributed by atoms with Crippen molar-refractivity contribution in [2.75, 3.05) is 52.4 Å². The Morgan fingerprint density at radius 1 is 0.949 bits per heavy atom. The highest BCUT2D eigenvalue weighted by atomic mass is 16.5. The number of ether oxygens (including phenoxy) is 3. The molecule has 59 heavy (non-hydrogen) atoms. The number of likely N-dealkylation sites (tertiary alicyclic amines) is 1. The van der Waals surface area contributed by atoms with Crippen molar-refractivity contribution in [3.63, 3.8) is 0 Å². The molecule has 16 heteroatoms. The minimum absolute atomic E-state index is 0.0298. The molecule has 0 atom stereocenters. The number of nitrogens with zero attached hydrogens (tertiary/aromatic N) is 4. The van der Waals surface area contributed by atoms with Crippen molar-refractivity contribution in [2.45, 2.75) is 76.3 Å². The van der Waals surface area contributed by atoms with Gasteiger partial charge in [0.1, 0.15) is 28.5 Å². The van der Waals surface area contributed by atoms with E-state index in [0.29, 0.717) is 73.9 Å². The highest BCUT2D eigenvalue weighted by Gasteiger charge is 2.64. The third kappa shape index (κ3) is 8.10. The molecule has 2 N–H and O–H groups in total. The Morgan fingerprint density at radius 2 is 1.66 bits per heavy atom. The number of fused-ring (bicyclic) bond motifs is 3. The first-order chi connectivity index (χ1) is 28.3. The van der Waals surface area contributed by atoms with Gasteiger partial charge >= 0.3 is 0 Å². The van der Waals surface area contributed by atoms with E-state index in [1.807, 2.05) is 12.1 Å². The summed E-state index contributed by atoms with van der Waals surface area (Å²) in [6, 6.07) is 8.73. The number of hydrogen-bond donors (Lipinski definition) is 2. The lowest BCUT2D eigenvalue weighted by Crippen LogP contribution is -2.68. The van der Waals surface area contributed by atoms with Gasteiger partial charge in [0.15, 0.2) is 5.78 Å². The second kappa shape index (κ2) is 17.1. The molecule has 1 aromatic heterocycles. The zero-order valence-corrected chi connectivity index (χ0v) is 33.9. The van der Waals surface area contributed by atoms with E-state index in [0.717, 1.165) is 16.0 Å². The third-order valence-corrected chi connectivity index (χ3v) is 12.0. The molecule has 0 unspecified atom stereocenters. The Labute approximate surface area is 341 Å². The summed E-state index contributed by atoms with van der Waals surface area (Å²) in [5, 5.41) is 6.28. The standard InChI is InChI=1S/C43H50N6O10/c1-25-40(54)47(2)24-32(45-25)26-19-34(57-3)29(35(20-26)58-4)7-6-10-37(52)44-14-18-59-17-13-38(53)48-15-11-28(12-16-48)46-31-9-5-8-30-39(31)42(56)49(41(30)55)43-22-27(23-43)33(50)21-36(43)51/h5,8-9,19-20,24,27-28,46H,6-7,10-18,21-23H2,1-4H3,(H,44,52). The van der Waals surface area contributed by atoms with Crippen molar-refractivity contribution < 1.29 is 43.0 Å². The van der Waals surface area contributed by atoms with Gasteiger partial charge < -0.3 is 34.3 Å². The van der Waals surface area contributed by atoms with Crippen molar-refractivity contribution >= 4 is 40.9 Å². The van der Waals surface area contributed by atoms with Gasteiger partial charge in [0.05, 0.1) is 57.1 Å². The number of aryl methyl sites for hydroxylation is 2. The van der Waals surface area contributed by atoms with E-state index in [1.54, 1.807) is 57.5 Å². The van der Waals surface area contributed by atoms with Gasteiger partial charge in [0.25, 0.3) is 17.4 Å². The Bertz CT molecular complexity index is 2200. The van der Waals surface area contributed by atoms with Gasteiger partial charge in [-0.1, -0.05) is 6.07 Å². The summed E-state index contributed by atoms with van der Waals surface area (Å²) in [5.74, 6) is -0.700. The van der Waals surface area contributed by atoms with E-state index in [9.17, 15) is 33.6 Å². The molecule has 4 amide bonds. The van der Waals surface area contributed by atoms with Gasteiger partial charge in [-0.25, -0.2) is 4.98 Å². The molecule has 0 radical (unpaired) electrons. The maximum Gasteiger partial charge on any atom is 0.271 e. The zero-order chi connectivity index (χ0) is 42.0. The Kier molecular flexibility index (Phi) is 12.0. The molecule has 4 fully saturated rings. The van der Waals surface area contributed by atoms with E-state index in [1.165, 1.54) is 4.57 Å². The number of benzene rings is 2. The first-order valence-corrected chi connectivity index (χ1v) is 20.1. The van der Waals surface area contributed by atoms with E-state index in [4.69, 9.17) is 14.2 Å². The summed E-state index contributed by atoms with van der Waals surface area (Å²) < 4.78 is 18.5. The fraction of sp³-hybridized carbons (Fsp3) is 0.488. The smallest absolute Gasteiger partial charge is 0.271 e. The van der Waals surface area contributed by atoms with Gasteiger partial charge in [-0.3, -0.25) is 38.5 Å². The van der Waals surface area contributed by atoms with E-state index < -0.39 is 17.4 Å². The number of nitrogens with one attached hydrogen (secondary N) is 2. The fourth-order valence-corrected chi connectivity index (χ4v) is 8.74. The largest absolute Gasteiger partial charge is 0.496 e. The van der Waals surface area contributed by atoms with Gasteiger partial charge in [-0.05, 0) is 69.7 Å². The number of imide groups is 1. The number of hydrogen-bond acceptors (Lipinski definition) is 12. The second-order valence-corrected chi connectivity index (χ2v) is 15.7. The highest BCUT2D eigenvalue weighted by molar-refractivity contribution is 6.27. The number of carbonyl (C=O) groups is 6. The number of Topliss-reactive ketones (excluding diaryl/α,β-unsaturated/α-hetero) is 2. The molecule has 2 aliphatic heterocycles. The summed E-state index contributed by atoms with van der Waals surface area (Å²) in [7, 11) is 4.82. The number of anilines is 1. The van der Waals surface area contributed by atoms with Crippen LogP contribution in [0, 0.1) is 12.8 Å².